The van der Waals surface area contributed by atoms with Crippen molar-refractivity contribution in [1.29, 1.82) is 0 Å². The normalized spacial score (nSPS) is 20.8. The first-order valence-electron chi connectivity index (χ1n) is 8.40. The van der Waals surface area contributed by atoms with Crippen LogP contribution in [0, 0.1) is 0 Å². The third-order valence-corrected chi connectivity index (χ3v) is 4.08. The van der Waals surface area contributed by atoms with E-state index in [9.17, 15) is 4.79 Å². The summed E-state index contributed by atoms with van der Waals surface area (Å²) in [6.45, 7) is 6.34. The van der Waals surface area contributed by atoms with Gasteiger partial charge in [-0.15, -0.1) is 0 Å². The Morgan fingerprint density at radius 3 is 2.16 bits per heavy atom. The Bertz CT molecular complexity index is 558. The van der Waals surface area contributed by atoms with Crippen molar-refractivity contribution in [3.63, 3.8) is 0 Å². The highest BCUT2D eigenvalue weighted by Gasteiger charge is 2.23. The maximum Gasteiger partial charge on any atom is 0.234 e. The highest BCUT2D eigenvalue weighted by Crippen LogP contribution is 2.38. The molecule has 1 aromatic carbocycles. The Hall–Kier alpha value is -1.99. The van der Waals surface area contributed by atoms with Gasteiger partial charge < -0.3 is 24.3 Å². The fraction of sp³-hybridized carbons (Fsp3) is 0.611. The van der Waals surface area contributed by atoms with Gasteiger partial charge in [0.05, 0.1) is 40.1 Å². The molecule has 0 radical (unpaired) electrons. The van der Waals surface area contributed by atoms with Gasteiger partial charge in [-0.05, 0) is 31.5 Å². The number of hydrogen-bond donors (Lipinski definition) is 1. The minimum absolute atomic E-state index is 0.0185. The van der Waals surface area contributed by atoms with Crippen molar-refractivity contribution in [2.24, 2.45) is 0 Å². The first kappa shape index (κ1) is 19.3. The second-order valence-corrected chi connectivity index (χ2v) is 6.26. The molecular weight excluding hydrogens is 324 g/mol. The van der Waals surface area contributed by atoms with Crippen LogP contribution in [0.15, 0.2) is 12.1 Å². The molecule has 1 fully saturated rings. The fourth-order valence-electron chi connectivity index (χ4n) is 3.11. The molecule has 1 N–H and O–H groups in total. The van der Waals surface area contributed by atoms with Crippen LogP contribution in [0.25, 0.3) is 0 Å². The minimum Gasteiger partial charge on any atom is -0.493 e. The van der Waals surface area contributed by atoms with Gasteiger partial charge in [0.15, 0.2) is 11.5 Å². The van der Waals surface area contributed by atoms with E-state index in [0.717, 1.165) is 18.7 Å². The number of morpholine rings is 1. The molecule has 2 atom stereocenters. The second kappa shape index (κ2) is 8.92. The predicted octanol–water partition coefficient (Wildman–Crippen LogP) is 1.44. The molecule has 1 aliphatic heterocycles. The zero-order valence-corrected chi connectivity index (χ0v) is 15.6. The number of benzene rings is 1. The number of hydrogen-bond acceptors (Lipinski definition) is 6. The first-order valence-corrected chi connectivity index (χ1v) is 8.40. The van der Waals surface area contributed by atoms with Crippen LogP contribution in [-0.4, -0.2) is 64.0 Å². The molecule has 7 heteroatoms. The van der Waals surface area contributed by atoms with Crippen molar-refractivity contribution >= 4 is 5.91 Å². The molecule has 25 heavy (non-hydrogen) atoms. The third kappa shape index (κ3) is 5.24. The number of carbonyl (C=O) groups excluding carboxylic acids is 1. The Labute approximate surface area is 149 Å². The van der Waals surface area contributed by atoms with Crippen LogP contribution in [0.4, 0.5) is 0 Å². The van der Waals surface area contributed by atoms with Crippen molar-refractivity contribution < 1.29 is 23.7 Å². The van der Waals surface area contributed by atoms with E-state index in [1.165, 1.54) is 0 Å². The molecule has 1 amide bonds. The van der Waals surface area contributed by atoms with Gasteiger partial charge in [-0.3, -0.25) is 9.69 Å². The van der Waals surface area contributed by atoms with E-state index in [2.05, 4.69) is 10.2 Å². The average Bonchev–Trinajstić information content (AvgIpc) is 2.57. The molecule has 1 aliphatic rings. The number of nitrogens with one attached hydrogen (secondary N) is 1. The van der Waals surface area contributed by atoms with Crippen LogP contribution in [0.5, 0.6) is 17.2 Å². The van der Waals surface area contributed by atoms with Crippen molar-refractivity contribution in [1.82, 2.24) is 10.2 Å². The lowest BCUT2D eigenvalue weighted by molar-refractivity contribution is -0.126. The van der Waals surface area contributed by atoms with Crippen LogP contribution in [0.2, 0.25) is 0 Å². The second-order valence-electron chi connectivity index (χ2n) is 6.26. The lowest BCUT2D eigenvalue weighted by Gasteiger charge is -2.34. The Balaban J connectivity index is 1.95. The molecule has 1 heterocycles. The molecule has 0 unspecified atom stereocenters. The summed E-state index contributed by atoms with van der Waals surface area (Å²) >= 11 is 0. The molecule has 0 spiro atoms. The number of methoxy groups -OCH3 is 3. The summed E-state index contributed by atoms with van der Waals surface area (Å²) in [6, 6.07) is 3.67. The summed E-state index contributed by atoms with van der Waals surface area (Å²) in [5.74, 6) is 1.66. The fourth-order valence-corrected chi connectivity index (χ4v) is 3.11. The number of amides is 1. The summed E-state index contributed by atoms with van der Waals surface area (Å²) in [7, 11) is 4.70. The van der Waals surface area contributed by atoms with Gasteiger partial charge in [0.1, 0.15) is 0 Å². The zero-order chi connectivity index (χ0) is 18.4. The molecule has 0 aromatic heterocycles. The van der Waals surface area contributed by atoms with Gasteiger partial charge in [0.25, 0.3) is 0 Å². The monoisotopic (exact) mass is 352 g/mol. The summed E-state index contributed by atoms with van der Waals surface area (Å²) < 4.78 is 21.7. The van der Waals surface area contributed by atoms with Crippen molar-refractivity contribution in [2.75, 3.05) is 41.0 Å². The quantitative estimate of drug-likeness (QED) is 0.801. The standard InChI is InChI=1S/C18H28N2O5/c1-12-9-20(10-13(2)25-12)11-17(21)19-8-14-6-15(22-3)18(24-5)16(7-14)23-4/h6-7,12-13H,8-11H2,1-5H3,(H,19,21)/t12-,13+. The van der Waals surface area contributed by atoms with Gasteiger partial charge in [-0.2, -0.15) is 0 Å². The Morgan fingerprint density at radius 1 is 1.12 bits per heavy atom. The molecule has 140 valence electrons. The predicted molar refractivity (Wildman–Crippen MR) is 94.4 cm³/mol. The highest BCUT2D eigenvalue weighted by atomic mass is 16.5. The summed E-state index contributed by atoms with van der Waals surface area (Å²) in [5.41, 5.74) is 0.881. The number of nitrogens with zero attached hydrogens (tertiary/aromatic N) is 1. The lowest BCUT2D eigenvalue weighted by Crippen LogP contribution is -2.49. The third-order valence-electron chi connectivity index (χ3n) is 4.08. The first-order chi connectivity index (χ1) is 12.0. The Morgan fingerprint density at radius 2 is 1.68 bits per heavy atom. The molecular formula is C18H28N2O5. The van der Waals surface area contributed by atoms with Crippen LogP contribution in [0.1, 0.15) is 19.4 Å². The topological polar surface area (TPSA) is 69.3 Å². The molecule has 7 nitrogen and oxygen atoms in total. The largest absolute Gasteiger partial charge is 0.493 e. The number of carbonyl (C=O) groups is 1. The SMILES string of the molecule is COc1cc(CNC(=O)CN2C[C@@H](C)O[C@@H](C)C2)cc(OC)c1OC. The average molecular weight is 352 g/mol. The smallest absolute Gasteiger partial charge is 0.234 e. The van der Waals surface area contributed by atoms with E-state index in [4.69, 9.17) is 18.9 Å². The summed E-state index contributed by atoms with van der Waals surface area (Å²) in [4.78, 5) is 14.4. The van der Waals surface area contributed by atoms with E-state index in [-0.39, 0.29) is 18.1 Å². The molecule has 1 saturated heterocycles. The maximum absolute atomic E-state index is 12.2. The van der Waals surface area contributed by atoms with Gasteiger partial charge in [0, 0.05) is 19.6 Å². The Kier molecular flexibility index (Phi) is 6.90. The summed E-state index contributed by atoms with van der Waals surface area (Å²) in [6.07, 6.45) is 0.290. The van der Waals surface area contributed by atoms with Gasteiger partial charge in [0.2, 0.25) is 11.7 Å². The van der Waals surface area contributed by atoms with Crippen LogP contribution < -0.4 is 19.5 Å². The highest BCUT2D eigenvalue weighted by molar-refractivity contribution is 5.78. The molecule has 0 saturated carbocycles. The van der Waals surface area contributed by atoms with Gasteiger partial charge >= 0.3 is 0 Å². The minimum atomic E-state index is -0.0185. The van der Waals surface area contributed by atoms with Crippen LogP contribution >= 0.6 is 0 Å². The zero-order valence-electron chi connectivity index (χ0n) is 15.6. The number of ether oxygens (including phenoxy) is 4. The number of rotatable bonds is 7. The van der Waals surface area contributed by atoms with E-state index in [1.54, 1.807) is 21.3 Å². The van der Waals surface area contributed by atoms with E-state index in [0.29, 0.717) is 30.3 Å². The molecule has 0 bridgehead atoms. The van der Waals surface area contributed by atoms with E-state index < -0.39 is 0 Å². The van der Waals surface area contributed by atoms with E-state index in [1.807, 2.05) is 26.0 Å². The van der Waals surface area contributed by atoms with Gasteiger partial charge in [-0.1, -0.05) is 0 Å². The van der Waals surface area contributed by atoms with Crippen molar-refractivity contribution in [3.05, 3.63) is 17.7 Å². The van der Waals surface area contributed by atoms with Gasteiger partial charge in [-0.25, -0.2) is 0 Å². The van der Waals surface area contributed by atoms with E-state index >= 15 is 0 Å². The summed E-state index contributed by atoms with van der Waals surface area (Å²) in [5, 5.41) is 2.94. The lowest BCUT2D eigenvalue weighted by atomic mass is 10.1. The molecule has 0 aliphatic carbocycles. The molecule has 2 rings (SSSR count). The van der Waals surface area contributed by atoms with Crippen LogP contribution in [-0.2, 0) is 16.1 Å². The molecule has 1 aromatic rings. The van der Waals surface area contributed by atoms with Crippen molar-refractivity contribution in [3.8, 4) is 17.2 Å². The maximum atomic E-state index is 12.2. The van der Waals surface area contributed by atoms with Crippen LogP contribution in [0.3, 0.4) is 0 Å². The van der Waals surface area contributed by atoms with Crippen molar-refractivity contribution in [2.45, 2.75) is 32.6 Å².